The number of aromatic amines is 1. The van der Waals surface area contributed by atoms with E-state index >= 15 is 0 Å². The summed E-state index contributed by atoms with van der Waals surface area (Å²) in [7, 11) is 0. The van der Waals surface area contributed by atoms with Crippen molar-refractivity contribution in [3.8, 4) is 5.75 Å². The number of nitrogens with zero attached hydrogens (tertiary/aromatic N) is 4. The number of piperazine rings is 1. The summed E-state index contributed by atoms with van der Waals surface area (Å²) < 4.78 is 28.8. The van der Waals surface area contributed by atoms with E-state index in [0.29, 0.717) is 56.6 Å². The highest BCUT2D eigenvalue weighted by molar-refractivity contribution is 5.83. The molecule has 168 valence electrons. The number of benzene rings is 1. The largest absolute Gasteiger partial charge is 0.433 e. The molecule has 1 aliphatic heterocycles. The monoisotopic (exact) mass is 443 g/mol. The average Bonchev–Trinajstić information content (AvgIpc) is 2.81. The Bertz CT molecular complexity index is 1130. The Kier molecular flexibility index (Phi) is 6.58. The smallest absolute Gasteiger partial charge is 0.387 e. The minimum absolute atomic E-state index is 0.0160. The van der Waals surface area contributed by atoms with Crippen LogP contribution in [0.25, 0.3) is 10.8 Å². The summed E-state index contributed by atoms with van der Waals surface area (Å²) >= 11 is 0. The van der Waals surface area contributed by atoms with Crippen molar-refractivity contribution >= 4 is 22.5 Å². The highest BCUT2D eigenvalue weighted by Gasteiger charge is 2.22. The van der Waals surface area contributed by atoms with Gasteiger partial charge in [0.15, 0.2) is 0 Å². The number of fused-ring (bicyclic) bond motifs is 1. The van der Waals surface area contributed by atoms with Crippen molar-refractivity contribution in [3.63, 3.8) is 0 Å². The van der Waals surface area contributed by atoms with Gasteiger partial charge in [0.25, 0.3) is 5.56 Å². The van der Waals surface area contributed by atoms with E-state index in [9.17, 15) is 18.4 Å². The molecule has 1 fully saturated rings. The van der Waals surface area contributed by atoms with Gasteiger partial charge in [-0.15, -0.1) is 0 Å². The van der Waals surface area contributed by atoms with Gasteiger partial charge in [0.05, 0.1) is 17.3 Å². The highest BCUT2D eigenvalue weighted by atomic mass is 19.3. The molecule has 1 aliphatic rings. The van der Waals surface area contributed by atoms with Gasteiger partial charge < -0.3 is 14.5 Å². The second-order valence-electron chi connectivity index (χ2n) is 7.50. The first-order valence-corrected chi connectivity index (χ1v) is 10.4. The van der Waals surface area contributed by atoms with Gasteiger partial charge in [-0.1, -0.05) is 18.2 Å². The number of carbonyl (C=O) groups excluding carboxylic acids is 1. The van der Waals surface area contributed by atoms with E-state index in [4.69, 9.17) is 0 Å². The summed E-state index contributed by atoms with van der Waals surface area (Å²) in [5.74, 6) is 0.754. The van der Waals surface area contributed by atoms with Crippen molar-refractivity contribution in [1.29, 1.82) is 0 Å². The number of nitrogens with one attached hydrogen (secondary N) is 1. The number of rotatable bonds is 7. The van der Waals surface area contributed by atoms with Crippen LogP contribution in [0.4, 0.5) is 14.6 Å². The molecular weight excluding hydrogens is 420 g/mol. The van der Waals surface area contributed by atoms with Crippen molar-refractivity contribution < 1.29 is 18.3 Å². The number of ether oxygens (including phenoxy) is 1. The summed E-state index contributed by atoms with van der Waals surface area (Å²) in [4.78, 5) is 32.5. The van der Waals surface area contributed by atoms with Crippen LogP contribution in [0.3, 0.4) is 0 Å². The lowest BCUT2D eigenvalue weighted by Gasteiger charge is -2.35. The second-order valence-corrected chi connectivity index (χ2v) is 7.50. The van der Waals surface area contributed by atoms with Crippen LogP contribution in [-0.4, -0.2) is 58.8 Å². The molecule has 0 saturated carbocycles. The summed E-state index contributed by atoms with van der Waals surface area (Å²) in [6, 6.07) is 10.4. The molecule has 0 spiro atoms. The maximum Gasteiger partial charge on any atom is 0.387 e. The van der Waals surface area contributed by atoms with Gasteiger partial charge in [0.2, 0.25) is 5.91 Å². The molecule has 1 N–H and O–H groups in total. The molecule has 8 nitrogen and oxygen atoms in total. The Balaban J connectivity index is 1.26. The standard InChI is InChI=1S/C22H23F2N5O3/c23-22(24)32-15-8-9-19(25-14-15)28-10-12-29(13-11-28)20(30)7-3-6-18-16-4-1-2-5-17(16)21(31)27-26-18/h1-2,4-5,8-9,14,22H,3,6-7,10-13H2,(H,27,31). The molecule has 3 aromatic rings. The number of H-pyrrole nitrogens is 1. The lowest BCUT2D eigenvalue weighted by molar-refractivity contribution is -0.131. The molecular formula is C22H23F2N5O3. The van der Waals surface area contributed by atoms with Gasteiger partial charge in [-0.25, -0.2) is 10.1 Å². The first kappa shape index (κ1) is 21.7. The zero-order chi connectivity index (χ0) is 22.5. The molecule has 0 atom stereocenters. The Morgan fingerprint density at radius 3 is 2.53 bits per heavy atom. The van der Waals surface area contributed by atoms with Crippen molar-refractivity contribution in [2.75, 3.05) is 31.1 Å². The fourth-order valence-corrected chi connectivity index (χ4v) is 3.84. The maximum atomic E-state index is 12.6. The molecule has 0 bridgehead atoms. The summed E-state index contributed by atoms with van der Waals surface area (Å²) in [6.45, 7) is -0.527. The number of alkyl halides is 2. The minimum Gasteiger partial charge on any atom is -0.433 e. The summed E-state index contributed by atoms with van der Waals surface area (Å²) in [5.41, 5.74) is 0.562. The normalized spacial score (nSPS) is 14.2. The van der Waals surface area contributed by atoms with Gasteiger partial charge in [-0.2, -0.15) is 13.9 Å². The Hall–Kier alpha value is -3.56. The molecule has 32 heavy (non-hydrogen) atoms. The predicted molar refractivity (Wildman–Crippen MR) is 115 cm³/mol. The van der Waals surface area contributed by atoms with Crippen LogP contribution in [0.2, 0.25) is 0 Å². The minimum atomic E-state index is -2.88. The Morgan fingerprint density at radius 1 is 1.09 bits per heavy atom. The van der Waals surface area contributed by atoms with Gasteiger partial charge in [-0.3, -0.25) is 9.59 Å². The highest BCUT2D eigenvalue weighted by Crippen LogP contribution is 2.20. The van der Waals surface area contributed by atoms with E-state index < -0.39 is 6.61 Å². The predicted octanol–water partition coefficient (Wildman–Crippen LogP) is 2.59. The van der Waals surface area contributed by atoms with Crippen molar-refractivity contribution in [1.82, 2.24) is 20.1 Å². The number of aromatic nitrogens is 3. The Morgan fingerprint density at radius 2 is 1.84 bits per heavy atom. The van der Waals surface area contributed by atoms with Crippen LogP contribution in [0, 0.1) is 0 Å². The number of anilines is 1. The number of hydrogen-bond acceptors (Lipinski definition) is 6. The Labute approximate surface area is 182 Å². The quantitative estimate of drug-likeness (QED) is 0.604. The molecule has 10 heteroatoms. The molecule has 0 aliphatic carbocycles. The molecule has 0 radical (unpaired) electrons. The van der Waals surface area contributed by atoms with E-state index in [2.05, 4.69) is 19.9 Å². The number of pyridine rings is 1. The maximum absolute atomic E-state index is 12.6. The molecule has 3 heterocycles. The van der Waals surface area contributed by atoms with Gasteiger partial charge in [0, 0.05) is 38.0 Å². The number of carbonyl (C=O) groups is 1. The first-order valence-electron chi connectivity index (χ1n) is 10.4. The zero-order valence-corrected chi connectivity index (χ0v) is 17.3. The topological polar surface area (TPSA) is 91.4 Å². The van der Waals surface area contributed by atoms with Crippen molar-refractivity contribution in [2.45, 2.75) is 25.9 Å². The lowest BCUT2D eigenvalue weighted by Crippen LogP contribution is -2.49. The third-order valence-electron chi connectivity index (χ3n) is 5.48. The first-order chi connectivity index (χ1) is 15.5. The fraction of sp³-hybridized carbons (Fsp3) is 0.364. The number of amides is 1. The average molecular weight is 443 g/mol. The van der Waals surface area contributed by atoms with E-state index in [1.165, 1.54) is 12.3 Å². The second kappa shape index (κ2) is 9.71. The van der Waals surface area contributed by atoms with E-state index in [1.807, 2.05) is 28.0 Å². The van der Waals surface area contributed by atoms with Crippen LogP contribution < -0.4 is 15.2 Å². The molecule has 4 rings (SSSR count). The van der Waals surface area contributed by atoms with Crippen LogP contribution in [0.5, 0.6) is 5.75 Å². The van der Waals surface area contributed by atoms with Gasteiger partial charge in [0.1, 0.15) is 11.6 Å². The lowest BCUT2D eigenvalue weighted by atomic mass is 10.1. The third-order valence-corrected chi connectivity index (χ3v) is 5.48. The third kappa shape index (κ3) is 5.01. The molecule has 2 aromatic heterocycles. The van der Waals surface area contributed by atoms with E-state index in [-0.39, 0.29) is 17.2 Å². The summed E-state index contributed by atoms with van der Waals surface area (Å²) in [6.07, 6.45) is 2.90. The van der Waals surface area contributed by atoms with Crippen LogP contribution in [0.15, 0.2) is 47.4 Å². The number of aryl methyl sites for hydroxylation is 1. The fourth-order valence-electron chi connectivity index (χ4n) is 3.84. The SMILES string of the molecule is O=C(CCCc1n[nH]c(=O)c2ccccc12)N1CCN(c2ccc(OC(F)F)cn2)CC1. The van der Waals surface area contributed by atoms with Gasteiger partial charge in [-0.05, 0) is 31.0 Å². The molecule has 1 saturated heterocycles. The van der Waals surface area contributed by atoms with Gasteiger partial charge >= 0.3 is 6.61 Å². The zero-order valence-electron chi connectivity index (χ0n) is 17.3. The van der Waals surface area contributed by atoms with Crippen molar-refractivity contribution in [2.24, 2.45) is 0 Å². The van der Waals surface area contributed by atoms with E-state index in [1.54, 1.807) is 12.1 Å². The van der Waals surface area contributed by atoms with Crippen LogP contribution in [0.1, 0.15) is 18.5 Å². The van der Waals surface area contributed by atoms with Crippen LogP contribution >= 0.6 is 0 Å². The molecule has 1 aromatic carbocycles. The molecule has 1 amide bonds. The van der Waals surface area contributed by atoms with E-state index in [0.717, 1.165) is 11.1 Å². The van der Waals surface area contributed by atoms with Crippen LogP contribution in [-0.2, 0) is 11.2 Å². The number of halogens is 2. The number of hydrogen-bond donors (Lipinski definition) is 1. The van der Waals surface area contributed by atoms with Crippen molar-refractivity contribution in [3.05, 3.63) is 58.6 Å². The molecule has 0 unspecified atom stereocenters. The summed E-state index contributed by atoms with van der Waals surface area (Å²) in [5, 5.41) is 8.09.